The molecule has 2 aromatic carbocycles. The first-order valence-corrected chi connectivity index (χ1v) is 9.56. The number of benzene rings is 2. The molecule has 0 saturated carbocycles. The Morgan fingerprint density at radius 3 is 2.00 bits per heavy atom. The van der Waals surface area contributed by atoms with E-state index in [9.17, 15) is 4.79 Å². The van der Waals surface area contributed by atoms with Gasteiger partial charge in [-0.1, -0.05) is 6.07 Å². The summed E-state index contributed by atoms with van der Waals surface area (Å²) in [5.41, 5.74) is 1.48. The van der Waals surface area contributed by atoms with Crippen molar-refractivity contribution in [3.05, 3.63) is 47.5 Å². The molecule has 31 heavy (non-hydrogen) atoms. The van der Waals surface area contributed by atoms with E-state index in [1.807, 2.05) is 6.07 Å². The number of nitrogens with one attached hydrogen (secondary N) is 1. The second-order valence-electron chi connectivity index (χ2n) is 6.39. The molecule has 0 aliphatic rings. The van der Waals surface area contributed by atoms with Gasteiger partial charge in [0.2, 0.25) is 5.75 Å². The van der Waals surface area contributed by atoms with Crippen molar-refractivity contribution < 1.29 is 33.2 Å². The maximum atomic E-state index is 12.5. The first-order chi connectivity index (χ1) is 15.0. The van der Waals surface area contributed by atoms with Crippen LogP contribution in [0.4, 0.5) is 0 Å². The highest BCUT2D eigenvalue weighted by atomic mass is 16.5. The molecule has 0 aliphatic heterocycles. The Morgan fingerprint density at radius 1 is 0.871 bits per heavy atom. The number of ether oxygens (including phenoxy) is 6. The van der Waals surface area contributed by atoms with Gasteiger partial charge in [-0.3, -0.25) is 0 Å². The average molecular weight is 431 g/mol. The molecule has 2 aromatic rings. The number of esters is 1. The van der Waals surface area contributed by atoms with Gasteiger partial charge in [-0.05, 0) is 48.5 Å². The van der Waals surface area contributed by atoms with E-state index in [1.54, 1.807) is 51.6 Å². The number of hydrogen-bond donors (Lipinski definition) is 1. The van der Waals surface area contributed by atoms with Crippen LogP contribution in [0.3, 0.4) is 0 Å². The molecule has 8 heteroatoms. The van der Waals surface area contributed by atoms with Crippen LogP contribution in [0.15, 0.2) is 36.4 Å². The summed E-state index contributed by atoms with van der Waals surface area (Å²) in [6.45, 7) is 0.430. The maximum absolute atomic E-state index is 12.5. The van der Waals surface area contributed by atoms with E-state index >= 15 is 0 Å². The number of rotatable bonds is 11. The Kier molecular flexibility index (Phi) is 9.02. The third-order valence-corrected chi connectivity index (χ3v) is 4.53. The molecule has 0 spiro atoms. The van der Waals surface area contributed by atoms with Crippen LogP contribution in [-0.2, 0) is 9.53 Å². The highest BCUT2D eigenvalue weighted by molar-refractivity contribution is 5.87. The van der Waals surface area contributed by atoms with Crippen LogP contribution in [0.1, 0.15) is 17.2 Å². The molecular weight excluding hydrogens is 402 g/mol. The molecule has 1 atom stereocenters. The van der Waals surface area contributed by atoms with Crippen molar-refractivity contribution in [3.8, 4) is 28.7 Å². The molecule has 0 bridgehead atoms. The number of carbonyl (C=O) groups is 1. The fourth-order valence-electron chi connectivity index (χ4n) is 3.01. The summed E-state index contributed by atoms with van der Waals surface area (Å²) < 4.78 is 32.2. The topological polar surface area (TPSA) is 84.5 Å². The van der Waals surface area contributed by atoms with Crippen LogP contribution < -0.4 is 29.0 Å². The van der Waals surface area contributed by atoms with Crippen LogP contribution in [-0.4, -0.2) is 55.1 Å². The Morgan fingerprint density at radius 2 is 1.48 bits per heavy atom. The lowest BCUT2D eigenvalue weighted by Crippen LogP contribution is -2.21. The van der Waals surface area contributed by atoms with Crippen LogP contribution >= 0.6 is 0 Å². The van der Waals surface area contributed by atoms with E-state index in [0.29, 0.717) is 40.9 Å². The van der Waals surface area contributed by atoms with Gasteiger partial charge in [0.1, 0.15) is 6.10 Å². The quantitative estimate of drug-likeness (QED) is 0.429. The number of carbonyl (C=O) groups excluding carboxylic acids is 1. The standard InChI is InChI=1S/C23H29NO7/c1-24-14-21(16-8-9-17(26-2)18(13-16)27-3)31-22(25)10-7-15-11-19(28-4)23(30-6)20(12-15)29-5/h7-13,21,24H,14H2,1-6H3/b10-7+/t21-/m0/s1. The highest BCUT2D eigenvalue weighted by Crippen LogP contribution is 2.38. The first-order valence-electron chi connectivity index (χ1n) is 9.56. The van der Waals surface area contributed by atoms with Crippen molar-refractivity contribution in [2.24, 2.45) is 0 Å². The van der Waals surface area contributed by atoms with Crippen molar-refractivity contribution in [1.82, 2.24) is 5.32 Å². The molecule has 0 amide bonds. The van der Waals surface area contributed by atoms with Crippen molar-refractivity contribution >= 4 is 12.0 Å². The van der Waals surface area contributed by atoms with E-state index in [-0.39, 0.29) is 0 Å². The van der Waals surface area contributed by atoms with Crippen LogP contribution in [0.5, 0.6) is 28.7 Å². The van der Waals surface area contributed by atoms with Crippen molar-refractivity contribution in [2.75, 3.05) is 49.1 Å². The fourth-order valence-corrected chi connectivity index (χ4v) is 3.01. The summed E-state index contributed by atoms with van der Waals surface area (Å²) in [6.07, 6.45) is 2.46. The van der Waals surface area contributed by atoms with E-state index in [1.165, 1.54) is 27.4 Å². The predicted octanol–water partition coefficient (Wildman–Crippen LogP) is 3.25. The molecule has 0 heterocycles. The van der Waals surface area contributed by atoms with Gasteiger partial charge in [0, 0.05) is 12.6 Å². The Bertz CT molecular complexity index is 886. The van der Waals surface area contributed by atoms with Gasteiger partial charge in [-0.25, -0.2) is 4.79 Å². The smallest absolute Gasteiger partial charge is 0.331 e. The van der Waals surface area contributed by atoms with Crippen LogP contribution in [0.2, 0.25) is 0 Å². The molecule has 168 valence electrons. The average Bonchev–Trinajstić information content (AvgIpc) is 2.81. The summed E-state index contributed by atoms with van der Waals surface area (Å²) in [6, 6.07) is 8.88. The number of methoxy groups -OCH3 is 5. The summed E-state index contributed by atoms with van der Waals surface area (Å²) in [7, 11) is 9.50. The summed E-state index contributed by atoms with van der Waals surface area (Å²) in [5, 5.41) is 3.03. The Labute approximate surface area is 182 Å². The van der Waals surface area contributed by atoms with Gasteiger partial charge in [-0.15, -0.1) is 0 Å². The summed E-state index contributed by atoms with van der Waals surface area (Å²) >= 11 is 0. The van der Waals surface area contributed by atoms with Gasteiger partial charge < -0.3 is 33.7 Å². The molecule has 8 nitrogen and oxygen atoms in total. The second kappa shape index (κ2) is 11.7. The molecule has 0 saturated heterocycles. The molecular formula is C23H29NO7. The predicted molar refractivity (Wildman–Crippen MR) is 117 cm³/mol. The second-order valence-corrected chi connectivity index (χ2v) is 6.39. The highest BCUT2D eigenvalue weighted by Gasteiger charge is 2.18. The zero-order valence-electron chi connectivity index (χ0n) is 18.7. The lowest BCUT2D eigenvalue weighted by atomic mass is 10.1. The van der Waals surface area contributed by atoms with Crippen molar-refractivity contribution in [1.29, 1.82) is 0 Å². The fraction of sp³-hybridized carbons (Fsp3) is 0.348. The zero-order chi connectivity index (χ0) is 22.8. The lowest BCUT2D eigenvalue weighted by molar-refractivity contribution is -0.143. The van der Waals surface area contributed by atoms with Crippen molar-refractivity contribution in [2.45, 2.75) is 6.10 Å². The molecule has 0 unspecified atom stereocenters. The van der Waals surface area contributed by atoms with Gasteiger partial charge in [0.15, 0.2) is 23.0 Å². The molecule has 0 aromatic heterocycles. The third kappa shape index (κ3) is 6.05. The van der Waals surface area contributed by atoms with Gasteiger partial charge in [-0.2, -0.15) is 0 Å². The van der Waals surface area contributed by atoms with Crippen LogP contribution in [0, 0.1) is 0 Å². The largest absolute Gasteiger partial charge is 0.493 e. The summed E-state index contributed by atoms with van der Waals surface area (Å²) in [4.78, 5) is 12.5. The van der Waals surface area contributed by atoms with E-state index < -0.39 is 12.1 Å². The Hall–Kier alpha value is -3.39. The monoisotopic (exact) mass is 431 g/mol. The van der Waals surface area contributed by atoms with Crippen molar-refractivity contribution in [3.63, 3.8) is 0 Å². The Balaban J connectivity index is 2.21. The van der Waals surface area contributed by atoms with Crippen LogP contribution in [0.25, 0.3) is 6.08 Å². The minimum atomic E-state index is -0.512. The number of hydrogen-bond acceptors (Lipinski definition) is 8. The maximum Gasteiger partial charge on any atom is 0.331 e. The first kappa shape index (κ1) is 23.9. The molecule has 0 aliphatic carbocycles. The minimum Gasteiger partial charge on any atom is -0.493 e. The normalized spacial score (nSPS) is 11.7. The van der Waals surface area contributed by atoms with E-state index in [0.717, 1.165) is 5.56 Å². The summed E-state index contributed by atoms with van der Waals surface area (Å²) in [5.74, 6) is 2.13. The molecule has 0 fully saturated rings. The molecule has 2 rings (SSSR count). The SMILES string of the molecule is CNC[C@H](OC(=O)/C=C/c1cc(OC)c(OC)c(OC)c1)c1ccc(OC)c(OC)c1. The van der Waals surface area contributed by atoms with E-state index in [4.69, 9.17) is 28.4 Å². The molecule has 1 N–H and O–H groups in total. The lowest BCUT2D eigenvalue weighted by Gasteiger charge is -2.18. The third-order valence-electron chi connectivity index (χ3n) is 4.53. The van der Waals surface area contributed by atoms with Gasteiger partial charge in [0.25, 0.3) is 0 Å². The molecule has 0 radical (unpaired) electrons. The van der Waals surface area contributed by atoms with E-state index in [2.05, 4.69) is 5.32 Å². The van der Waals surface area contributed by atoms with Gasteiger partial charge >= 0.3 is 5.97 Å². The van der Waals surface area contributed by atoms with Gasteiger partial charge in [0.05, 0.1) is 35.5 Å². The minimum absolute atomic E-state index is 0.430. The number of likely N-dealkylation sites (N-methyl/N-ethyl adjacent to an activating group) is 1. The zero-order valence-corrected chi connectivity index (χ0v) is 18.7.